The Bertz CT molecular complexity index is 3070. The van der Waals surface area contributed by atoms with E-state index in [1.807, 2.05) is 107 Å². The summed E-state index contributed by atoms with van der Waals surface area (Å²) in [6, 6.07) is 32.5. The van der Waals surface area contributed by atoms with Crippen molar-refractivity contribution in [2.45, 2.75) is 84.5 Å². The van der Waals surface area contributed by atoms with Crippen molar-refractivity contribution in [1.82, 2.24) is 25.9 Å². The van der Waals surface area contributed by atoms with E-state index >= 15 is 0 Å². The van der Waals surface area contributed by atoms with Crippen molar-refractivity contribution in [3.63, 3.8) is 0 Å². The summed E-state index contributed by atoms with van der Waals surface area (Å²) in [6.45, 7) is 9.77. The third kappa shape index (κ3) is 12.2. The number of hydrazone groups is 1. The third-order valence-electron chi connectivity index (χ3n) is 12.6. The highest BCUT2D eigenvalue weighted by atomic mass is 32.1. The Hall–Kier alpha value is -7.40. The van der Waals surface area contributed by atoms with Gasteiger partial charge in [0.2, 0.25) is 17.7 Å². The van der Waals surface area contributed by atoms with E-state index in [1.54, 1.807) is 71.2 Å². The summed E-state index contributed by atoms with van der Waals surface area (Å²) in [6.07, 6.45) is 2.02. The number of phenolic OH excluding ortho intramolecular Hbond substituents is 2. The lowest BCUT2D eigenvalue weighted by Gasteiger charge is -2.35. The first-order chi connectivity index (χ1) is 34.5. The quantitative estimate of drug-likeness (QED) is 0.0292. The number of aromatic nitrogens is 1. The molecule has 8 rings (SSSR count). The number of hydrogen-bond donors (Lipinski definition) is 6. The van der Waals surface area contributed by atoms with Gasteiger partial charge in [-0.2, -0.15) is 5.10 Å². The molecule has 1 aliphatic heterocycles. The Morgan fingerprint density at radius 3 is 2.19 bits per heavy atom. The average molecular weight is 1010 g/mol. The van der Waals surface area contributed by atoms with Crippen LogP contribution in [0.5, 0.6) is 17.2 Å². The van der Waals surface area contributed by atoms with E-state index in [2.05, 4.69) is 26.1 Å². The van der Waals surface area contributed by atoms with Crippen molar-refractivity contribution >= 4 is 62.6 Å². The number of aliphatic hydroxyl groups is 1. The Morgan fingerprint density at radius 2 is 1.51 bits per heavy atom. The van der Waals surface area contributed by atoms with E-state index < -0.39 is 29.5 Å². The second-order valence-electron chi connectivity index (χ2n) is 19.1. The minimum absolute atomic E-state index is 0.0102. The smallest absolute Gasteiger partial charge is 0.271 e. The molecular formula is C56H58N6O8S2. The molecule has 0 bridgehead atoms. The van der Waals surface area contributed by atoms with Gasteiger partial charge < -0.3 is 35.6 Å². The van der Waals surface area contributed by atoms with Crippen LogP contribution in [-0.4, -0.2) is 86.4 Å². The van der Waals surface area contributed by atoms with Crippen LogP contribution < -0.4 is 20.8 Å². The number of phenols is 2. The van der Waals surface area contributed by atoms with Gasteiger partial charge in [0, 0.05) is 45.5 Å². The first kappa shape index (κ1) is 51.0. The molecule has 16 heteroatoms. The Balaban J connectivity index is 0.776. The Morgan fingerprint density at radius 1 is 0.847 bits per heavy atom. The molecular weight excluding hydrogens is 949 g/mol. The van der Waals surface area contributed by atoms with Gasteiger partial charge in [0.05, 0.1) is 41.0 Å². The third-order valence-corrected chi connectivity index (χ3v) is 14.8. The molecule has 0 spiro atoms. The monoisotopic (exact) mass is 1010 g/mol. The second kappa shape index (κ2) is 22.4. The van der Waals surface area contributed by atoms with Gasteiger partial charge in [-0.25, -0.2) is 10.4 Å². The predicted molar refractivity (Wildman–Crippen MR) is 283 cm³/mol. The standard InChI is InChI=1S/C56H58N6O8S2/c1-33(36-11-15-38(16-12-36)50-34(2)57-32-71-50)59-54(68)46-28-43(65)31-62(46)55(69)52(56(3,4)5)60-48(66)8-6-7-27-70-44-24-9-35(10-25-44)30-58-61-53(67)40-17-13-37(14-18-40)49-45-26-23-42(64)29-47(45)72-51(49)39-19-21-41(63)22-20-39/h9-26,29-30,32-33,43,46,52,63-65H,6-8,27-28,31H2,1-5H3,(H,59,68)(H,60,66)(H,61,67)/b58-30+/t33-,43+,46-,52+/m0/s1. The lowest BCUT2D eigenvalue weighted by Crippen LogP contribution is -2.57. The number of thiazole rings is 1. The fourth-order valence-electron chi connectivity index (χ4n) is 8.68. The van der Waals surface area contributed by atoms with Crippen molar-refractivity contribution < 1.29 is 39.2 Å². The minimum Gasteiger partial charge on any atom is -0.508 e. The molecule has 2 aromatic heterocycles. The molecule has 3 heterocycles. The first-order valence-corrected chi connectivity index (χ1v) is 25.5. The molecule has 7 aromatic rings. The van der Waals surface area contributed by atoms with Gasteiger partial charge >= 0.3 is 0 Å². The maximum absolute atomic E-state index is 14.1. The number of thiophene rings is 1. The van der Waals surface area contributed by atoms with Crippen LogP contribution in [0.2, 0.25) is 0 Å². The van der Waals surface area contributed by atoms with Gasteiger partial charge in [-0.05, 0) is 139 Å². The lowest BCUT2D eigenvalue weighted by atomic mass is 9.85. The molecule has 1 aliphatic rings. The van der Waals surface area contributed by atoms with Crippen molar-refractivity contribution in [3.05, 3.63) is 143 Å². The molecule has 0 aliphatic carbocycles. The SMILES string of the molecule is Cc1ncsc1-c1ccc([C@H](C)NC(=O)[C@@H]2C[C@@H](O)CN2C(=O)[C@@H](NC(=O)CCCCOc2ccc(/C=N/NC(=O)c3ccc(-c4c(-c5ccc(O)cc5)sc5cc(O)ccc45)cc3)cc2)C(C)(C)C)cc1. The number of hydrogen-bond acceptors (Lipinski definition) is 12. The first-order valence-electron chi connectivity index (χ1n) is 23.8. The number of carbonyl (C=O) groups excluding carboxylic acids is 4. The summed E-state index contributed by atoms with van der Waals surface area (Å²) in [7, 11) is 0. The Kier molecular flexibility index (Phi) is 15.8. The van der Waals surface area contributed by atoms with E-state index in [-0.39, 0.29) is 54.6 Å². The van der Waals surface area contributed by atoms with Crippen molar-refractivity contribution in [2.24, 2.45) is 10.5 Å². The molecule has 14 nitrogen and oxygen atoms in total. The van der Waals surface area contributed by atoms with Gasteiger partial charge in [-0.3, -0.25) is 19.2 Å². The zero-order valence-corrected chi connectivity index (χ0v) is 42.4. The van der Waals surface area contributed by atoms with E-state index in [9.17, 15) is 34.5 Å². The number of unbranched alkanes of at least 4 members (excludes halogenated alkanes) is 1. The number of fused-ring (bicyclic) bond motifs is 1. The summed E-state index contributed by atoms with van der Waals surface area (Å²) in [4.78, 5) is 61.9. The molecule has 0 unspecified atom stereocenters. The maximum atomic E-state index is 14.1. The number of benzene rings is 5. The Labute approximate surface area is 426 Å². The number of aromatic hydroxyl groups is 2. The van der Waals surface area contributed by atoms with Crippen LogP contribution in [0.15, 0.2) is 126 Å². The summed E-state index contributed by atoms with van der Waals surface area (Å²) in [5.74, 6) is -0.476. The molecule has 4 amide bonds. The normalized spacial score (nSPS) is 15.6. The van der Waals surface area contributed by atoms with Gasteiger partial charge in [0.25, 0.3) is 5.91 Å². The molecule has 0 radical (unpaired) electrons. The summed E-state index contributed by atoms with van der Waals surface area (Å²) in [5.41, 5.74) is 10.6. The largest absolute Gasteiger partial charge is 0.508 e. The fraction of sp³-hybridized carbons (Fsp3) is 0.286. The van der Waals surface area contributed by atoms with E-state index in [1.165, 1.54) is 11.1 Å². The van der Waals surface area contributed by atoms with E-state index in [0.29, 0.717) is 30.8 Å². The van der Waals surface area contributed by atoms with Crippen LogP contribution >= 0.6 is 22.7 Å². The molecule has 0 saturated carbocycles. The molecule has 4 atom stereocenters. The van der Waals surface area contributed by atoms with Crippen LogP contribution in [0.4, 0.5) is 0 Å². The highest BCUT2D eigenvalue weighted by molar-refractivity contribution is 7.23. The summed E-state index contributed by atoms with van der Waals surface area (Å²) in [5, 5.41) is 41.7. The summed E-state index contributed by atoms with van der Waals surface area (Å²) < 4.78 is 6.83. The van der Waals surface area contributed by atoms with Gasteiger partial charge in [-0.15, -0.1) is 22.7 Å². The molecule has 372 valence electrons. The number of aliphatic hydroxyl groups excluding tert-OH is 1. The zero-order valence-electron chi connectivity index (χ0n) is 40.7. The number of nitrogens with zero attached hydrogens (tertiary/aromatic N) is 3. The maximum Gasteiger partial charge on any atom is 0.271 e. The number of carbonyl (C=O) groups is 4. The van der Waals surface area contributed by atoms with Crippen molar-refractivity contribution in [2.75, 3.05) is 13.2 Å². The number of rotatable bonds is 17. The van der Waals surface area contributed by atoms with Crippen LogP contribution in [-0.2, 0) is 14.4 Å². The summed E-state index contributed by atoms with van der Waals surface area (Å²) >= 11 is 3.11. The lowest BCUT2D eigenvalue weighted by molar-refractivity contribution is -0.144. The fourth-order valence-corrected chi connectivity index (χ4v) is 10.8. The minimum atomic E-state index is -0.923. The number of amides is 4. The number of aryl methyl sites for hydroxylation is 1. The number of ether oxygens (including phenoxy) is 1. The molecule has 5 aromatic carbocycles. The van der Waals surface area contributed by atoms with Gasteiger partial charge in [0.1, 0.15) is 29.3 Å². The highest BCUT2D eigenvalue weighted by Crippen LogP contribution is 2.46. The van der Waals surface area contributed by atoms with Crippen molar-refractivity contribution in [1.29, 1.82) is 0 Å². The molecule has 6 N–H and O–H groups in total. The molecule has 1 fully saturated rings. The van der Waals surface area contributed by atoms with Crippen molar-refractivity contribution in [3.8, 4) is 49.3 Å². The van der Waals surface area contributed by atoms with Crippen LogP contribution in [0.3, 0.4) is 0 Å². The highest BCUT2D eigenvalue weighted by Gasteiger charge is 2.44. The molecule has 72 heavy (non-hydrogen) atoms. The number of β-amino-alcohol motifs (C(OH)–C–C–N with tert-alkyl or cyclic N) is 1. The number of likely N-dealkylation sites (tertiary alicyclic amines) is 1. The van der Waals surface area contributed by atoms with Crippen LogP contribution in [0.1, 0.15) is 86.6 Å². The van der Waals surface area contributed by atoms with Crippen LogP contribution in [0.25, 0.3) is 42.1 Å². The van der Waals surface area contributed by atoms with E-state index in [0.717, 1.165) is 58.9 Å². The second-order valence-corrected chi connectivity index (χ2v) is 21.0. The van der Waals surface area contributed by atoms with E-state index in [4.69, 9.17) is 4.74 Å². The molecule has 1 saturated heterocycles. The number of nitrogens with one attached hydrogen (secondary N) is 3. The topological polar surface area (TPSA) is 203 Å². The van der Waals surface area contributed by atoms with Gasteiger partial charge in [-0.1, -0.05) is 57.2 Å². The zero-order chi connectivity index (χ0) is 51.1. The van der Waals surface area contributed by atoms with Crippen LogP contribution in [0, 0.1) is 12.3 Å². The predicted octanol–water partition coefficient (Wildman–Crippen LogP) is 9.76. The van der Waals surface area contributed by atoms with Gasteiger partial charge in [0.15, 0.2) is 0 Å². The average Bonchev–Trinajstić information content (AvgIpc) is 4.09.